The lowest BCUT2D eigenvalue weighted by molar-refractivity contribution is -0.145. The third-order valence-electron chi connectivity index (χ3n) is 4.61. The molecular formula is C24H35N3O7. The van der Waals surface area contributed by atoms with Crippen LogP contribution in [0.3, 0.4) is 0 Å². The third-order valence-corrected chi connectivity index (χ3v) is 4.61. The summed E-state index contributed by atoms with van der Waals surface area (Å²) in [6.45, 7) is 10.2. The van der Waals surface area contributed by atoms with Crippen molar-refractivity contribution in [2.45, 2.75) is 65.4 Å². The summed E-state index contributed by atoms with van der Waals surface area (Å²) in [5.74, 6) is -1.23. The van der Waals surface area contributed by atoms with E-state index in [-0.39, 0.29) is 32.8 Å². The van der Waals surface area contributed by atoms with E-state index in [2.05, 4.69) is 5.32 Å². The van der Waals surface area contributed by atoms with Crippen LogP contribution in [-0.4, -0.2) is 77.3 Å². The summed E-state index contributed by atoms with van der Waals surface area (Å²) >= 11 is 0. The summed E-state index contributed by atoms with van der Waals surface area (Å²) in [6, 6.07) is 8.09. The van der Waals surface area contributed by atoms with Crippen molar-refractivity contribution >= 4 is 24.1 Å². The summed E-state index contributed by atoms with van der Waals surface area (Å²) in [4.78, 5) is 53.0. The highest BCUT2D eigenvalue weighted by Crippen LogP contribution is 2.18. The second-order valence-electron chi connectivity index (χ2n) is 9.98. The Hall–Kier alpha value is -3.30. The number of carbonyl (C=O) groups excluding carboxylic acids is 4. The smallest absolute Gasteiger partial charge is 0.411 e. The van der Waals surface area contributed by atoms with Crippen molar-refractivity contribution in [3.63, 3.8) is 0 Å². The number of nitrogens with zero attached hydrogens (tertiary/aromatic N) is 2. The van der Waals surface area contributed by atoms with E-state index in [1.165, 1.54) is 9.80 Å². The standard InChI is InChI=1S/C24H35N3O7/c1-23(2,3)33-21(30)26-12-13-27(22(31)34-24(4,5)6)18(15-26)20(29)25-14-19(28)32-16-17-10-8-7-9-11-17/h7-11,18H,12-16H2,1-6H3,(H,25,29). The van der Waals surface area contributed by atoms with Crippen LogP contribution in [0.4, 0.5) is 9.59 Å². The van der Waals surface area contributed by atoms with Crippen molar-refractivity contribution < 1.29 is 33.4 Å². The molecule has 1 N–H and O–H groups in total. The molecule has 3 amide bonds. The Balaban J connectivity index is 2.03. The van der Waals surface area contributed by atoms with Gasteiger partial charge in [-0.3, -0.25) is 14.5 Å². The molecule has 1 aliphatic heterocycles. The van der Waals surface area contributed by atoms with Crippen molar-refractivity contribution in [3.8, 4) is 0 Å². The highest BCUT2D eigenvalue weighted by Gasteiger charge is 2.40. The minimum atomic E-state index is -1.06. The van der Waals surface area contributed by atoms with Crippen LogP contribution in [-0.2, 0) is 30.4 Å². The van der Waals surface area contributed by atoms with Crippen LogP contribution in [0.25, 0.3) is 0 Å². The van der Waals surface area contributed by atoms with Gasteiger partial charge in [0.05, 0.1) is 6.54 Å². The third kappa shape index (κ3) is 8.92. The van der Waals surface area contributed by atoms with Gasteiger partial charge >= 0.3 is 18.2 Å². The number of esters is 1. The first kappa shape index (κ1) is 26.9. The average Bonchev–Trinajstić information content (AvgIpc) is 2.74. The predicted octanol–water partition coefficient (Wildman–Crippen LogP) is 2.70. The van der Waals surface area contributed by atoms with E-state index in [0.29, 0.717) is 0 Å². The first-order valence-corrected chi connectivity index (χ1v) is 11.2. The van der Waals surface area contributed by atoms with Gasteiger partial charge in [-0.2, -0.15) is 0 Å². The van der Waals surface area contributed by atoms with E-state index in [9.17, 15) is 19.2 Å². The van der Waals surface area contributed by atoms with Gasteiger partial charge in [0.15, 0.2) is 0 Å². The second-order valence-corrected chi connectivity index (χ2v) is 9.98. The van der Waals surface area contributed by atoms with Crippen molar-refractivity contribution in [2.75, 3.05) is 26.2 Å². The summed E-state index contributed by atoms with van der Waals surface area (Å²) in [5.41, 5.74) is -0.653. The first-order chi connectivity index (χ1) is 15.7. The Morgan fingerprint density at radius 1 is 0.912 bits per heavy atom. The van der Waals surface area contributed by atoms with Crippen LogP contribution in [0, 0.1) is 0 Å². The molecule has 1 fully saturated rings. The van der Waals surface area contributed by atoms with E-state index in [4.69, 9.17) is 14.2 Å². The Morgan fingerprint density at radius 3 is 2.09 bits per heavy atom. The zero-order chi connectivity index (χ0) is 25.5. The Labute approximate surface area is 200 Å². The van der Waals surface area contributed by atoms with Crippen LogP contribution in [0.1, 0.15) is 47.1 Å². The molecule has 1 aromatic rings. The molecule has 1 atom stereocenters. The number of carbonyl (C=O) groups is 4. The van der Waals surface area contributed by atoms with Crippen LogP contribution in [0.15, 0.2) is 30.3 Å². The van der Waals surface area contributed by atoms with Gasteiger partial charge < -0.3 is 24.4 Å². The molecule has 2 rings (SSSR count). The number of hydrogen-bond acceptors (Lipinski definition) is 7. The number of ether oxygens (including phenoxy) is 3. The quantitative estimate of drug-likeness (QED) is 0.512. The Kier molecular flexibility index (Phi) is 8.89. The van der Waals surface area contributed by atoms with Gasteiger partial charge in [-0.1, -0.05) is 30.3 Å². The van der Waals surface area contributed by atoms with Crippen LogP contribution in [0.2, 0.25) is 0 Å². The van der Waals surface area contributed by atoms with Gasteiger partial charge in [-0.05, 0) is 47.1 Å². The summed E-state index contributed by atoms with van der Waals surface area (Å²) in [6.07, 6.45) is -1.26. The Morgan fingerprint density at radius 2 is 1.50 bits per heavy atom. The van der Waals surface area contributed by atoms with Crippen LogP contribution in [0.5, 0.6) is 0 Å². The molecule has 1 aromatic carbocycles. The number of amides is 3. The van der Waals surface area contributed by atoms with Crippen molar-refractivity contribution in [1.82, 2.24) is 15.1 Å². The molecule has 0 spiro atoms. The lowest BCUT2D eigenvalue weighted by Crippen LogP contribution is -2.62. The highest BCUT2D eigenvalue weighted by atomic mass is 16.6. The number of benzene rings is 1. The maximum Gasteiger partial charge on any atom is 0.411 e. The van der Waals surface area contributed by atoms with E-state index < -0.39 is 41.3 Å². The summed E-state index contributed by atoms with van der Waals surface area (Å²) in [7, 11) is 0. The molecule has 1 aliphatic rings. The lowest BCUT2D eigenvalue weighted by Gasteiger charge is -2.40. The highest BCUT2D eigenvalue weighted by molar-refractivity contribution is 5.89. The first-order valence-electron chi connectivity index (χ1n) is 11.2. The number of piperazine rings is 1. The minimum absolute atomic E-state index is 0.0741. The van der Waals surface area contributed by atoms with Gasteiger partial charge in [-0.15, -0.1) is 0 Å². The molecule has 0 saturated carbocycles. The maximum absolute atomic E-state index is 13.0. The number of hydrogen-bond donors (Lipinski definition) is 1. The second kappa shape index (κ2) is 11.2. The van der Waals surface area contributed by atoms with Gasteiger partial charge in [0, 0.05) is 13.1 Å². The van der Waals surface area contributed by atoms with Crippen LogP contribution < -0.4 is 5.32 Å². The molecule has 1 heterocycles. The SMILES string of the molecule is CC(C)(C)OC(=O)N1CCN(C(=O)OC(C)(C)C)C(C(=O)NCC(=O)OCc2ccccc2)C1. The van der Waals surface area contributed by atoms with Crippen molar-refractivity contribution in [2.24, 2.45) is 0 Å². The van der Waals surface area contributed by atoms with Crippen molar-refractivity contribution in [3.05, 3.63) is 35.9 Å². The van der Waals surface area contributed by atoms with Gasteiger partial charge in [0.1, 0.15) is 30.4 Å². The minimum Gasteiger partial charge on any atom is -0.460 e. The number of nitrogens with one attached hydrogen (secondary N) is 1. The molecule has 0 radical (unpaired) electrons. The molecule has 1 unspecified atom stereocenters. The normalized spacial score (nSPS) is 16.5. The largest absolute Gasteiger partial charge is 0.460 e. The van der Waals surface area contributed by atoms with Gasteiger partial charge in [0.25, 0.3) is 0 Å². The fourth-order valence-electron chi connectivity index (χ4n) is 3.10. The van der Waals surface area contributed by atoms with E-state index >= 15 is 0 Å². The molecule has 0 bridgehead atoms. The van der Waals surface area contributed by atoms with Crippen LogP contribution >= 0.6 is 0 Å². The summed E-state index contributed by atoms with van der Waals surface area (Å²) < 4.78 is 16.0. The Bertz CT molecular complexity index is 875. The number of rotatable bonds is 5. The van der Waals surface area contributed by atoms with Gasteiger partial charge in [-0.25, -0.2) is 9.59 Å². The van der Waals surface area contributed by atoms with Gasteiger partial charge in [0.2, 0.25) is 5.91 Å². The summed E-state index contributed by atoms with van der Waals surface area (Å²) in [5, 5.41) is 2.50. The van der Waals surface area contributed by atoms with Crippen molar-refractivity contribution in [1.29, 1.82) is 0 Å². The molecule has 1 saturated heterocycles. The zero-order valence-electron chi connectivity index (χ0n) is 20.8. The zero-order valence-corrected chi connectivity index (χ0v) is 20.8. The fourth-order valence-corrected chi connectivity index (χ4v) is 3.10. The fraction of sp³-hybridized carbons (Fsp3) is 0.583. The molecule has 10 heteroatoms. The molecular weight excluding hydrogens is 442 g/mol. The monoisotopic (exact) mass is 477 g/mol. The molecule has 34 heavy (non-hydrogen) atoms. The predicted molar refractivity (Wildman–Crippen MR) is 124 cm³/mol. The maximum atomic E-state index is 13.0. The molecule has 10 nitrogen and oxygen atoms in total. The molecule has 188 valence electrons. The average molecular weight is 478 g/mol. The molecule has 0 aliphatic carbocycles. The van der Waals surface area contributed by atoms with E-state index in [0.717, 1.165) is 5.56 Å². The lowest BCUT2D eigenvalue weighted by atomic mass is 10.1. The van der Waals surface area contributed by atoms with E-state index in [1.807, 2.05) is 30.3 Å². The molecule has 0 aromatic heterocycles. The topological polar surface area (TPSA) is 114 Å². The van der Waals surface area contributed by atoms with E-state index in [1.54, 1.807) is 41.5 Å².